The van der Waals surface area contributed by atoms with Crippen LogP contribution in [0.1, 0.15) is 6.92 Å². The quantitative estimate of drug-likeness (QED) is 0.145. The van der Waals surface area contributed by atoms with Gasteiger partial charge in [0, 0.05) is 6.92 Å². The van der Waals surface area contributed by atoms with Gasteiger partial charge in [-0.2, -0.15) is 0 Å². The number of hydrogen-bond acceptors (Lipinski definition) is 12. The van der Waals surface area contributed by atoms with Crippen molar-refractivity contribution in [3.05, 3.63) is 0 Å². The Hall–Kier alpha value is -1.55. The fourth-order valence-corrected chi connectivity index (χ4v) is 1.63. The van der Waals surface area contributed by atoms with E-state index in [1.54, 1.807) is 0 Å². The number of aliphatic hydroxyl groups is 8. The summed E-state index contributed by atoms with van der Waals surface area (Å²) in [5, 5.41) is 73.3. The van der Waals surface area contributed by atoms with E-state index in [1.165, 1.54) is 0 Å². The Morgan fingerprint density at radius 1 is 0.852 bits per heavy atom. The second-order valence-electron chi connectivity index (χ2n) is 5.54. The summed E-state index contributed by atoms with van der Waals surface area (Å²) < 4.78 is 0. The lowest BCUT2D eigenvalue weighted by Crippen LogP contribution is -2.53. The number of amides is 1. The summed E-state index contributed by atoms with van der Waals surface area (Å²) in [5.41, 5.74) is 5.04. The SMILES string of the molecule is CC(=O)N[C@@H](C=O)[C@@H](O)[C@H](O)[C@H](O)CO.N[C@H](C=O)[C@H](O)[C@@H](O)[C@@H](O)CO. The summed E-state index contributed by atoms with van der Waals surface area (Å²) in [4.78, 5) is 31.1. The zero-order chi connectivity index (χ0) is 21.7. The first-order chi connectivity index (χ1) is 12.5. The van der Waals surface area contributed by atoms with Crippen LogP contribution in [-0.2, 0) is 14.4 Å². The molecule has 0 aromatic carbocycles. The van der Waals surface area contributed by atoms with Crippen LogP contribution in [-0.4, -0.2) is 121 Å². The first-order valence-electron chi connectivity index (χ1n) is 7.71. The van der Waals surface area contributed by atoms with Crippen LogP contribution < -0.4 is 11.1 Å². The van der Waals surface area contributed by atoms with Crippen molar-refractivity contribution in [2.24, 2.45) is 5.73 Å². The van der Waals surface area contributed by atoms with Crippen LogP contribution in [0.25, 0.3) is 0 Å². The van der Waals surface area contributed by atoms with Gasteiger partial charge in [-0.25, -0.2) is 0 Å². The van der Waals surface area contributed by atoms with E-state index in [2.05, 4.69) is 5.32 Å². The van der Waals surface area contributed by atoms with Gasteiger partial charge >= 0.3 is 0 Å². The van der Waals surface area contributed by atoms with Crippen LogP contribution in [0.2, 0.25) is 0 Å². The molecule has 0 saturated carbocycles. The topological polar surface area (TPSA) is 251 Å². The molecule has 13 nitrogen and oxygen atoms in total. The normalized spacial score (nSPS) is 19.8. The Kier molecular flexibility index (Phi) is 14.9. The summed E-state index contributed by atoms with van der Waals surface area (Å²) in [6, 6.07) is -2.58. The maximum absolute atomic E-state index is 10.6. The average molecular weight is 400 g/mol. The molecule has 13 heteroatoms. The molecule has 0 unspecified atom stereocenters. The lowest BCUT2D eigenvalue weighted by atomic mass is 10.0. The molecule has 0 aliphatic carbocycles. The van der Waals surface area contributed by atoms with Gasteiger partial charge in [0.1, 0.15) is 55.2 Å². The molecule has 0 heterocycles. The lowest BCUT2D eigenvalue weighted by Gasteiger charge is -2.25. The van der Waals surface area contributed by atoms with E-state index < -0.39 is 67.8 Å². The first-order valence-corrected chi connectivity index (χ1v) is 7.71. The molecule has 160 valence electrons. The molecule has 11 N–H and O–H groups in total. The highest BCUT2D eigenvalue weighted by atomic mass is 16.4. The zero-order valence-corrected chi connectivity index (χ0v) is 14.6. The second-order valence-corrected chi connectivity index (χ2v) is 5.54. The van der Waals surface area contributed by atoms with Crippen molar-refractivity contribution in [2.45, 2.75) is 55.6 Å². The highest BCUT2D eigenvalue weighted by Crippen LogP contribution is 2.04. The molecule has 0 spiro atoms. The molecular formula is C14H28N2O11. The number of aldehydes is 2. The van der Waals surface area contributed by atoms with E-state index in [0.29, 0.717) is 0 Å². The summed E-state index contributed by atoms with van der Waals surface area (Å²) >= 11 is 0. The Morgan fingerprint density at radius 2 is 1.26 bits per heavy atom. The van der Waals surface area contributed by atoms with Gasteiger partial charge in [-0.15, -0.1) is 0 Å². The summed E-state index contributed by atoms with van der Waals surface area (Å²) in [6.45, 7) is -0.328. The molecule has 0 radical (unpaired) electrons. The van der Waals surface area contributed by atoms with Crippen LogP contribution in [0, 0.1) is 0 Å². The average Bonchev–Trinajstić information content (AvgIpc) is 2.67. The van der Waals surface area contributed by atoms with Crippen LogP contribution in [0.3, 0.4) is 0 Å². The van der Waals surface area contributed by atoms with Crippen LogP contribution in [0.15, 0.2) is 0 Å². The van der Waals surface area contributed by atoms with E-state index in [1.807, 2.05) is 0 Å². The van der Waals surface area contributed by atoms with Gasteiger partial charge in [-0.3, -0.25) is 4.79 Å². The van der Waals surface area contributed by atoms with Gasteiger partial charge in [0.25, 0.3) is 0 Å². The third kappa shape index (κ3) is 10.4. The molecule has 8 atom stereocenters. The highest BCUT2D eigenvalue weighted by molar-refractivity contribution is 5.77. The van der Waals surface area contributed by atoms with Crippen LogP contribution in [0.5, 0.6) is 0 Å². The van der Waals surface area contributed by atoms with Gasteiger partial charge in [0.15, 0.2) is 0 Å². The van der Waals surface area contributed by atoms with E-state index in [4.69, 9.17) is 36.4 Å². The molecule has 1 amide bonds. The van der Waals surface area contributed by atoms with Gasteiger partial charge in [0.2, 0.25) is 5.91 Å². The smallest absolute Gasteiger partial charge is 0.217 e. The van der Waals surface area contributed by atoms with Crippen molar-refractivity contribution in [3.8, 4) is 0 Å². The minimum absolute atomic E-state index is 0.235. The maximum Gasteiger partial charge on any atom is 0.217 e. The second kappa shape index (κ2) is 14.5. The Balaban J connectivity index is 0. The molecule has 0 aliphatic rings. The minimum Gasteiger partial charge on any atom is -0.394 e. The zero-order valence-electron chi connectivity index (χ0n) is 14.6. The number of carbonyl (C=O) groups is 3. The van der Waals surface area contributed by atoms with Gasteiger partial charge in [-0.05, 0) is 0 Å². The van der Waals surface area contributed by atoms with Crippen molar-refractivity contribution in [3.63, 3.8) is 0 Å². The minimum atomic E-state index is -1.71. The molecule has 0 aliphatic heterocycles. The van der Waals surface area contributed by atoms with E-state index in [9.17, 15) is 24.6 Å². The molecule has 0 aromatic heterocycles. The first kappa shape index (κ1) is 27.7. The number of nitrogens with two attached hydrogens (primary N) is 1. The van der Waals surface area contributed by atoms with Gasteiger partial charge < -0.3 is 61.5 Å². The van der Waals surface area contributed by atoms with Gasteiger partial charge in [-0.1, -0.05) is 0 Å². The van der Waals surface area contributed by atoms with Crippen molar-refractivity contribution in [2.75, 3.05) is 13.2 Å². The van der Waals surface area contributed by atoms with Crippen LogP contribution >= 0.6 is 0 Å². The number of hydrogen-bond donors (Lipinski definition) is 10. The predicted octanol–water partition coefficient (Wildman–Crippen LogP) is -6.65. The standard InChI is InChI=1S/C8H15NO6.C6H13NO5/c1-4(12)9-5(2-10)7(14)8(15)6(13)3-11;7-3(1-8)5(11)6(12)4(10)2-9/h2,5-8,11,13-15H,3H2,1H3,(H,9,12);1,3-6,9-12H,2,7H2/t5-,6+,7+,8+;3-,4+,5+,6+/m01/s1. The number of rotatable bonds is 11. The van der Waals surface area contributed by atoms with Crippen molar-refractivity contribution in [1.29, 1.82) is 0 Å². The highest BCUT2D eigenvalue weighted by Gasteiger charge is 2.31. The summed E-state index contributed by atoms with van der Waals surface area (Å²) in [7, 11) is 0. The number of nitrogens with one attached hydrogen (secondary N) is 1. The third-order valence-electron chi connectivity index (χ3n) is 3.30. The molecule has 0 fully saturated rings. The number of aliphatic hydroxyl groups excluding tert-OH is 8. The fourth-order valence-electron chi connectivity index (χ4n) is 1.63. The monoisotopic (exact) mass is 400 g/mol. The summed E-state index contributed by atoms with van der Waals surface area (Å²) in [6.07, 6.45) is -9.15. The molecule has 27 heavy (non-hydrogen) atoms. The van der Waals surface area contributed by atoms with Crippen molar-refractivity contribution >= 4 is 18.5 Å². The molecular weight excluding hydrogens is 372 g/mol. The fraction of sp³-hybridized carbons (Fsp3) is 0.786. The maximum atomic E-state index is 10.6. The lowest BCUT2D eigenvalue weighted by molar-refractivity contribution is -0.129. The van der Waals surface area contributed by atoms with E-state index in [0.717, 1.165) is 6.92 Å². The molecule has 0 bridgehead atoms. The van der Waals surface area contributed by atoms with Crippen LogP contribution in [0.4, 0.5) is 0 Å². The Labute approximate surface area is 154 Å². The Morgan fingerprint density at radius 3 is 1.56 bits per heavy atom. The summed E-state index contributed by atoms with van der Waals surface area (Å²) in [5.74, 6) is -0.558. The predicted molar refractivity (Wildman–Crippen MR) is 87.9 cm³/mol. The molecule has 0 saturated heterocycles. The third-order valence-corrected chi connectivity index (χ3v) is 3.30. The van der Waals surface area contributed by atoms with Crippen molar-refractivity contribution in [1.82, 2.24) is 5.32 Å². The van der Waals surface area contributed by atoms with Gasteiger partial charge in [0.05, 0.1) is 19.3 Å². The number of carbonyl (C=O) groups excluding carboxylic acids is 3. The molecule has 0 aromatic rings. The van der Waals surface area contributed by atoms with E-state index >= 15 is 0 Å². The Bertz CT molecular complexity index is 439. The molecule has 0 rings (SSSR count). The van der Waals surface area contributed by atoms with Crippen molar-refractivity contribution < 1.29 is 55.2 Å². The largest absolute Gasteiger partial charge is 0.394 e. The van der Waals surface area contributed by atoms with E-state index in [-0.39, 0.29) is 12.6 Å².